The summed E-state index contributed by atoms with van der Waals surface area (Å²) in [5.41, 5.74) is -0.347. The van der Waals surface area contributed by atoms with Crippen LogP contribution in [-0.2, 0) is 16.5 Å². The van der Waals surface area contributed by atoms with Crippen LogP contribution in [0.1, 0.15) is 0 Å². The van der Waals surface area contributed by atoms with Crippen LogP contribution in [0.2, 0.25) is 0 Å². The molecule has 1 rings (SSSR count). The average Bonchev–Trinajstić information content (AvgIpc) is 1.99. The fourth-order valence-electron chi connectivity index (χ4n) is 0.521. The molecule has 0 spiro atoms. The van der Waals surface area contributed by atoms with Gasteiger partial charge >= 0.3 is 0 Å². The Morgan fingerprint density at radius 1 is 1.10 bits per heavy atom. The van der Waals surface area contributed by atoms with Crippen LogP contribution >= 0.6 is 0 Å². The summed E-state index contributed by atoms with van der Waals surface area (Å²) in [7, 11) is 0. The fraction of sp³-hybridized carbons (Fsp3) is 0. The molecule has 10 heavy (non-hydrogen) atoms. The van der Waals surface area contributed by atoms with Crippen molar-refractivity contribution < 1.29 is 21.6 Å². The van der Waals surface area contributed by atoms with Crippen LogP contribution in [0.15, 0.2) is 35.1 Å². The summed E-state index contributed by atoms with van der Waals surface area (Å²) in [5.74, 6) is -0.208. The van der Waals surface area contributed by atoms with Gasteiger partial charge in [-0.15, -0.1) is 0 Å². The first-order valence-electron chi connectivity index (χ1n) is 2.59. The van der Waals surface area contributed by atoms with E-state index in [1.807, 2.05) is 0 Å². The minimum atomic E-state index is -0.347. The Balaban J connectivity index is 0.000000810. The van der Waals surface area contributed by atoms with Crippen molar-refractivity contribution in [3.05, 3.63) is 40.6 Å². The van der Waals surface area contributed by atoms with Crippen molar-refractivity contribution in [3.63, 3.8) is 0 Å². The third-order valence-electron chi connectivity index (χ3n) is 0.976. The average molecular weight is 181 g/mol. The zero-order chi connectivity index (χ0) is 6.69. The first-order chi connectivity index (χ1) is 4.30. The van der Waals surface area contributed by atoms with E-state index in [2.05, 4.69) is 0 Å². The molecule has 2 nitrogen and oxygen atoms in total. The Bertz CT molecular complexity index is 259. The van der Waals surface area contributed by atoms with Gasteiger partial charge in [-0.1, -0.05) is 18.2 Å². The Morgan fingerprint density at radius 3 is 2.40 bits per heavy atom. The minimum Gasteiger partial charge on any atom is -0.504 e. The second-order valence-corrected chi connectivity index (χ2v) is 1.66. The van der Waals surface area contributed by atoms with Crippen LogP contribution in [0.5, 0.6) is 5.75 Å². The zero-order valence-electron chi connectivity index (χ0n) is 5.06. The predicted molar refractivity (Wildman–Crippen MR) is 34.4 cm³/mol. The molecule has 0 heterocycles. The molecule has 0 radical (unpaired) electrons. The molecule has 0 unspecified atom stereocenters. The van der Waals surface area contributed by atoms with Crippen molar-refractivity contribution in [2.24, 2.45) is 0 Å². The van der Waals surface area contributed by atoms with Gasteiger partial charge in [0.2, 0.25) is 5.43 Å². The fourth-order valence-corrected chi connectivity index (χ4v) is 0.521. The Hall–Kier alpha value is -0.816. The molecule has 3 heteroatoms. The summed E-state index contributed by atoms with van der Waals surface area (Å²) in [5, 5.41) is 8.77. The molecule has 0 aliphatic carbocycles. The summed E-state index contributed by atoms with van der Waals surface area (Å²) in [6.45, 7) is 0. The standard InChI is InChI=1S/C7H6O2.Ni/c8-6-4-2-1-3-5-7(6)9;/h1-5H,(H,8,9);. The van der Waals surface area contributed by atoms with Crippen molar-refractivity contribution in [2.75, 3.05) is 0 Å². The molecular formula is C7H6NiO2. The topological polar surface area (TPSA) is 37.3 Å². The monoisotopic (exact) mass is 180 g/mol. The van der Waals surface area contributed by atoms with Crippen LogP contribution in [0.3, 0.4) is 0 Å². The van der Waals surface area contributed by atoms with E-state index in [4.69, 9.17) is 5.11 Å². The number of hydrogen-bond acceptors (Lipinski definition) is 2. The first-order valence-corrected chi connectivity index (χ1v) is 2.59. The Kier molecular flexibility index (Phi) is 3.74. The molecule has 0 fully saturated rings. The van der Waals surface area contributed by atoms with Crippen molar-refractivity contribution >= 4 is 0 Å². The molecule has 0 saturated heterocycles. The van der Waals surface area contributed by atoms with Gasteiger partial charge in [0, 0.05) is 16.5 Å². The molecule has 1 N–H and O–H groups in total. The Labute approximate surface area is 68.4 Å². The quantitative estimate of drug-likeness (QED) is 0.599. The summed E-state index contributed by atoms with van der Waals surface area (Å²) in [4.78, 5) is 10.6. The maximum absolute atomic E-state index is 10.6. The van der Waals surface area contributed by atoms with Gasteiger partial charge in [0.1, 0.15) is 0 Å². The van der Waals surface area contributed by atoms with Gasteiger partial charge in [0.05, 0.1) is 0 Å². The maximum atomic E-state index is 10.6. The van der Waals surface area contributed by atoms with E-state index in [-0.39, 0.29) is 27.7 Å². The molecule has 0 atom stereocenters. The molecule has 0 bridgehead atoms. The summed E-state index contributed by atoms with van der Waals surface area (Å²) in [6, 6.07) is 7.55. The maximum Gasteiger partial charge on any atom is 0.220 e. The van der Waals surface area contributed by atoms with E-state index in [1.54, 1.807) is 18.2 Å². The van der Waals surface area contributed by atoms with E-state index in [1.165, 1.54) is 12.1 Å². The normalized spacial score (nSPS) is 8.00. The summed E-state index contributed by atoms with van der Waals surface area (Å²) < 4.78 is 0. The largest absolute Gasteiger partial charge is 0.504 e. The summed E-state index contributed by atoms with van der Waals surface area (Å²) in [6.07, 6.45) is 0. The molecule has 0 aliphatic rings. The van der Waals surface area contributed by atoms with E-state index in [0.29, 0.717) is 0 Å². The Morgan fingerprint density at radius 2 is 1.70 bits per heavy atom. The summed E-state index contributed by atoms with van der Waals surface area (Å²) >= 11 is 0. The van der Waals surface area contributed by atoms with Gasteiger partial charge in [-0.25, -0.2) is 0 Å². The number of aromatic hydroxyl groups is 1. The van der Waals surface area contributed by atoms with E-state index in [0.717, 1.165) is 0 Å². The molecule has 1 aromatic rings. The van der Waals surface area contributed by atoms with Crippen LogP contribution in [0.4, 0.5) is 0 Å². The van der Waals surface area contributed by atoms with Crippen molar-refractivity contribution in [3.8, 4) is 5.75 Å². The second-order valence-electron chi connectivity index (χ2n) is 1.66. The van der Waals surface area contributed by atoms with Crippen LogP contribution in [-0.4, -0.2) is 5.11 Å². The van der Waals surface area contributed by atoms with Crippen molar-refractivity contribution in [1.82, 2.24) is 0 Å². The molecule has 0 aromatic heterocycles. The van der Waals surface area contributed by atoms with Gasteiger partial charge in [-0.05, 0) is 12.1 Å². The van der Waals surface area contributed by atoms with Crippen LogP contribution < -0.4 is 5.43 Å². The van der Waals surface area contributed by atoms with E-state index < -0.39 is 0 Å². The molecule has 0 amide bonds. The first kappa shape index (κ1) is 9.18. The number of hydrogen-bond donors (Lipinski definition) is 1. The molecule has 1 aromatic carbocycles. The molecule has 56 valence electrons. The van der Waals surface area contributed by atoms with Gasteiger partial charge in [-0.3, -0.25) is 4.79 Å². The SMILES string of the molecule is O=c1cccccc1O.[Ni]. The predicted octanol–water partition coefficient (Wildman–Crippen LogP) is 0.750. The van der Waals surface area contributed by atoms with Crippen LogP contribution in [0.25, 0.3) is 0 Å². The second kappa shape index (κ2) is 4.07. The van der Waals surface area contributed by atoms with Gasteiger partial charge in [0.15, 0.2) is 5.75 Å². The van der Waals surface area contributed by atoms with Gasteiger partial charge in [-0.2, -0.15) is 0 Å². The minimum absolute atomic E-state index is 0. The zero-order valence-corrected chi connectivity index (χ0v) is 6.05. The van der Waals surface area contributed by atoms with Crippen molar-refractivity contribution in [1.29, 1.82) is 0 Å². The third-order valence-corrected chi connectivity index (χ3v) is 0.976. The van der Waals surface area contributed by atoms with Gasteiger partial charge < -0.3 is 5.11 Å². The molecular weight excluding hydrogens is 175 g/mol. The van der Waals surface area contributed by atoms with Crippen molar-refractivity contribution in [2.45, 2.75) is 0 Å². The smallest absolute Gasteiger partial charge is 0.220 e. The molecule has 0 saturated carbocycles. The van der Waals surface area contributed by atoms with Gasteiger partial charge in [0.25, 0.3) is 0 Å². The number of rotatable bonds is 0. The van der Waals surface area contributed by atoms with E-state index >= 15 is 0 Å². The van der Waals surface area contributed by atoms with Crippen LogP contribution in [0, 0.1) is 0 Å². The van der Waals surface area contributed by atoms with E-state index in [9.17, 15) is 4.79 Å². The molecule has 0 aliphatic heterocycles. The third kappa shape index (κ3) is 2.20.